The van der Waals surface area contributed by atoms with Gasteiger partial charge in [-0.15, -0.1) is 0 Å². The van der Waals surface area contributed by atoms with Gasteiger partial charge in [0.2, 0.25) is 21.8 Å². The highest BCUT2D eigenvalue weighted by Crippen LogP contribution is 2.22. The van der Waals surface area contributed by atoms with E-state index in [1.165, 1.54) is 24.0 Å². The van der Waals surface area contributed by atoms with Gasteiger partial charge in [0.05, 0.1) is 19.1 Å². The maximum Gasteiger partial charge on any atom is 0.244 e. The van der Waals surface area contributed by atoms with Crippen LogP contribution in [0.5, 0.6) is 5.75 Å². The lowest BCUT2D eigenvalue weighted by molar-refractivity contribution is -0.139. The number of carbonyl (C=O) groups is 3. The predicted molar refractivity (Wildman–Crippen MR) is 147 cm³/mol. The zero-order chi connectivity index (χ0) is 27.9. The molecule has 2 amide bonds. The number of amides is 2. The molecule has 0 heterocycles. The van der Waals surface area contributed by atoms with E-state index in [1.54, 1.807) is 44.4 Å². The third-order valence-electron chi connectivity index (χ3n) is 6.83. The van der Waals surface area contributed by atoms with Gasteiger partial charge in [0.25, 0.3) is 0 Å². The summed E-state index contributed by atoms with van der Waals surface area (Å²) >= 11 is 0. The molecule has 0 spiro atoms. The van der Waals surface area contributed by atoms with Crippen LogP contribution in [0.2, 0.25) is 0 Å². The van der Waals surface area contributed by atoms with Crippen LogP contribution in [0.3, 0.4) is 0 Å². The third kappa shape index (κ3) is 7.80. The fourth-order valence-corrected chi connectivity index (χ4v) is 5.45. The molecule has 1 atom stereocenters. The molecule has 1 fully saturated rings. The van der Waals surface area contributed by atoms with E-state index in [0.29, 0.717) is 11.3 Å². The van der Waals surface area contributed by atoms with Gasteiger partial charge in [0.15, 0.2) is 5.78 Å². The number of carbonyl (C=O) groups excluding carboxylic acids is 3. The normalized spacial score (nSPS) is 14.8. The molecule has 0 bridgehead atoms. The molecular weight excluding hydrogens is 506 g/mol. The van der Waals surface area contributed by atoms with Crippen LogP contribution < -0.4 is 14.4 Å². The summed E-state index contributed by atoms with van der Waals surface area (Å²) in [5, 5.41) is 3.07. The Morgan fingerprint density at radius 3 is 2.37 bits per heavy atom. The molecule has 0 aromatic heterocycles. The van der Waals surface area contributed by atoms with E-state index in [0.717, 1.165) is 48.2 Å². The molecule has 2 aromatic carbocycles. The highest BCUT2D eigenvalue weighted by Gasteiger charge is 2.31. The number of benzene rings is 2. The number of Topliss-reactive ketones (excluding diaryl/α,β-unsaturated/α-hetero) is 1. The maximum atomic E-state index is 13.7. The Bertz CT molecular complexity index is 1260. The topological polar surface area (TPSA) is 113 Å². The average Bonchev–Trinajstić information content (AvgIpc) is 2.89. The highest BCUT2D eigenvalue weighted by molar-refractivity contribution is 7.92. The molecule has 9 nitrogen and oxygen atoms in total. The molecule has 38 heavy (non-hydrogen) atoms. The number of nitrogens with zero attached hydrogens (tertiary/aromatic N) is 2. The lowest BCUT2D eigenvalue weighted by Gasteiger charge is -2.33. The van der Waals surface area contributed by atoms with Crippen LogP contribution in [0.25, 0.3) is 0 Å². The quantitative estimate of drug-likeness (QED) is 0.434. The Kier molecular flexibility index (Phi) is 9.90. The van der Waals surface area contributed by atoms with E-state index in [-0.39, 0.29) is 30.0 Å². The summed E-state index contributed by atoms with van der Waals surface area (Å²) in [7, 11) is -2.34. The Morgan fingerprint density at radius 2 is 1.74 bits per heavy atom. The van der Waals surface area contributed by atoms with Gasteiger partial charge in [-0.3, -0.25) is 18.7 Å². The standard InChI is InChI=1S/C28H37N3O6S/c1-20(28(34)29-24-12-6-5-7-13-24)30(18-22-10-8-15-26(16-22)37-3)27(33)19-31(38(4,35)36)25-14-9-11-23(17-25)21(2)32/h8-11,14-17,20,24H,5-7,12-13,18-19H2,1-4H3,(H,29,34)/t20-/m1/s1. The SMILES string of the molecule is COc1cccc(CN(C(=O)CN(c2cccc(C(C)=O)c2)S(C)(=O)=O)[C@H](C)C(=O)NC2CCCCC2)c1. The fourth-order valence-electron chi connectivity index (χ4n) is 4.61. The number of ketones is 1. The summed E-state index contributed by atoms with van der Waals surface area (Å²) in [5.74, 6) is -0.442. The van der Waals surface area contributed by atoms with Gasteiger partial charge in [0, 0.05) is 18.2 Å². The Morgan fingerprint density at radius 1 is 1.05 bits per heavy atom. The maximum absolute atomic E-state index is 13.7. The van der Waals surface area contributed by atoms with Gasteiger partial charge >= 0.3 is 0 Å². The van der Waals surface area contributed by atoms with Crippen LogP contribution >= 0.6 is 0 Å². The molecule has 1 saturated carbocycles. The fraction of sp³-hybridized carbons (Fsp3) is 0.464. The summed E-state index contributed by atoms with van der Waals surface area (Å²) < 4.78 is 31.8. The van der Waals surface area contributed by atoms with Crippen molar-refractivity contribution in [1.82, 2.24) is 10.2 Å². The monoisotopic (exact) mass is 543 g/mol. The molecule has 1 N–H and O–H groups in total. The Balaban J connectivity index is 1.91. The van der Waals surface area contributed by atoms with Gasteiger partial charge in [-0.25, -0.2) is 8.42 Å². The molecule has 1 aliphatic rings. The van der Waals surface area contributed by atoms with E-state index in [2.05, 4.69) is 5.32 Å². The van der Waals surface area contributed by atoms with Crippen LogP contribution in [0.4, 0.5) is 5.69 Å². The number of rotatable bonds is 11. The van der Waals surface area contributed by atoms with Crippen LogP contribution in [0, 0.1) is 0 Å². The second-order valence-corrected chi connectivity index (χ2v) is 11.7. The first-order valence-electron chi connectivity index (χ1n) is 12.8. The lowest BCUT2D eigenvalue weighted by Crippen LogP contribution is -2.53. The molecule has 0 saturated heterocycles. The number of hydrogen-bond acceptors (Lipinski definition) is 6. The van der Waals surface area contributed by atoms with Crippen molar-refractivity contribution < 1.29 is 27.5 Å². The van der Waals surface area contributed by atoms with Crippen LogP contribution in [-0.2, 0) is 26.2 Å². The van der Waals surface area contributed by atoms with Crippen molar-refractivity contribution in [3.05, 3.63) is 59.7 Å². The molecule has 0 aliphatic heterocycles. The number of nitrogens with one attached hydrogen (secondary N) is 1. The molecule has 0 radical (unpaired) electrons. The number of sulfonamides is 1. The minimum absolute atomic E-state index is 0.0642. The van der Waals surface area contributed by atoms with Crippen molar-refractivity contribution in [2.24, 2.45) is 0 Å². The van der Waals surface area contributed by atoms with Crippen molar-refractivity contribution in [2.45, 2.75) is 64.6 Å². The summed E-state index contributed by atoms with van der Waals surface area (Å²) in [6.45, 7) is 2.60. The van der Waals surface area contributed by atoms with Gasteiger partial charge in [-0.05, 0) is 56.5 Å². The van der Waals surface area contributed by atoms with Crippen molar-refractivity contribution in [2.75, 3.05) is 24.2 Å². The number of methoxy groups -OCH3 is 1. The van der Waals surface area contributed by atoms with Crippen molar-refractivity contribution in [1.29, 1.82) is 0 Å². The zero-order valence-corrected chi connectivity index (χ0v) is 23.3. The van der Waals surface area contributed by atoms with Crippen LogP contribution in [0.15, 0.2) is 48.5 Å². The van der Waals surface area contributed by atoms with E-state index in [4.69, 9.17) is 4.74 Å². The van der Waals surface area contributed by atoms with E-state index >= 15 is 0 Å². The zero-order valence-electron chi connectivity index (χ0n) is 22.5. The molecular formula is C28H37N3O6S. The van der Waals surface area contributed by atoms with Crippen LogP contribution in [-0.4, -0.2) is 62.9 Å². The summed E-state index contributed by atoms with van der Waals surface area (Å²) in [6.07, 6.45) is 6.05. The number of anilines is 1. The molecule has 3 rings (SSSR count). The second-order valence-electron chi connectivity index (χ2n) is 9.77. The van der Waals surface area contributed by atoms with E-state index in [9.17, 15) is 22.8 Å². The lowest BCUT2D eigenvalue weighted by atomic mass is 9.95. The summed E-state index contributed by atoms with van der Waals surface area (Å²) in [4.78, 5) is 40.2. The van der Waals surface area contributed by atoms with Gasteiger partial charge < -0.3 is 15.0 Å². The smallest absolute Gasteiger partial charge is 0.244 e. The van der Waals surface area contributed by atoms with Gasteiger partial charge in [-0.2, -0.15) is 0 Å². The number of ether oxygens (including phenoxy) is 1. The first-order valence-corrected chi connectivity index (χ1v) is 14.7. The van der Waals surface area contributed by atoms with Crippen molar-refractivity contribution in [3.63, 3.8) is 0 Å². The van der Waals surface area contributed by atoms with Crippen molar-refractivity contribution >= 4 is 33.3 Å². The summed E-state index contributed by atoms with van der Waals surface area (Å²) in [5.41, 5.74) is 1.27. The molecule has 10 heteroatoms. The highest BCUT2D eigenvalue weighted by atomic mass is 32.2. The van der Waals surface area contributed by atoms with Gasteiger partial charge in [-0.1, -0.05) is 43.5 Å². The largest absolute Gasteiger partial charge is 0.497 e. The Hall–Kier alpha value is -3.40. The first-order chi connectivity index (χ1) is 18.0. The summed E-state index contributed by atoms with van der Waals surface area (Å²) in [6, 6.07) is 12.5. The number of hydrogen-bond donors (Lipinski definition) is 1. The average molecular weight is 544 g/mol. The van der Waals surface area contributed by atoms with Crippen molar-refractivity contribution in [3.8, 4) is 5.75 Å². The molecule has 1 aliphatic carbocycles. The molecule has 2 aromatic rings. The molecule has 0 unspecified atom stereocenters. The minimum Gasteiger partial charge on any atom is -0.497 e. The van der Waals surface area contributed by atoms with E-state index in [1.807, 2.05) is 6.07 Å². The first kappa shape index (κ1) is 29.2. The minimum atomic E-state index is -3.89. The second kappa shape index (κ2) is 12.9. The van der Waals surface area contributed by atoms with Crippen LogP contribution in [0.1, 0.15) is 61.9 Å². The molecule has 206 valence electrons. The van der Waals surface area contributed by atoms with Gasteiger partial charge in [0.1, 0.15) is 18.3 Å². The Labute approximate surface area is 225 Å². The van der Waals surface area contributed by atoms with E-state index < -0.39 is 28.5 Å². The third-order valence-corrected chi connectivity index (χ3v) is 7.97. The predicted octanol–water partition coefficient (Wildman–Crippen LogP) is 3.53.